The zero-order valence-electron chi connectivity index (χ0n) is 15.4. The highest BCUT2D eigenvalue weighted by Crippen LogP contribution is 2.34. The molecule has 3 rings (SSSR count). The first kappa shape index (κ1) is 18.3. The molecule has 2 aromatic carbocycles. The molecule has 26 heavy (non-hydrogen) atoms. The Morgan fingerprint density at radius 3 is 2.50 bits per heavy atom. The molecule has 4 nitrogen and oxygen atoms in total. The number of likely N-dealkylation sites (N-methyl/N-ethyl adjacent to an activating group) is 1. The van der Waals surface area contributed by atoms with E-state index in [1.165, 1.54) is 11.8 Å². The molecule has 134 valence electrons. The Morgan fingerprint density at radius 2 is 1.85 bits per heavy atom. The van der Waals surface area contributed by atoms with E-state index in [0.717, 1.165) is 34.4 Å². The minimum atomic E-state index is -0.0638. The van der Waals surface area contributed by atoms with Crippen molar-refractivity contribution in [3.63, 3.8) is 0 Å². The van der Waals surface area contributed by atoms with Crippen molar-refractivity contribution in [1.29, 1.82) is 0 Å². The summed E-state index contributed by atoms with van der Waals surface area (Å²) in [6, 6.07) is 11.7. The number of aliphatic imine (C=N–C) groups is 1. The third-order valence-corrected chi connectivity index (χ3v) is 5.46. The molecule has 0 atom stereocenters. The molecular weight excluding hydrogens is 344 g/mol. The van der Waals surface area contributed by atoms with Crippen molar-refractivity contribution in [2.45, 2.75) is 27.2 Å². The standard InChI is InChI=1S/C21H22N2O2S/c1-5-16-8-6-7-9-17(16)22-21-23(4)20(25)18(26-21)12-15-10-13(2)19(24)14(3)11-15/h6-12,24H,5H2,1-4H3/b18-12-,22-21?. The van der Waals surface area contributed by atoms with E-state index in [2.05, 4.69) is 13.0 Å². The van der Waals surface area contributed by atoms with E-state index in [-0.39, 0.29) is 5.91 Å². The van der Waals surface area contributed by atoms with Crippen molar-refractivity contribution in [2.24, 2.45) is 4.99 Å². The average molecular weight is 366 g/mol. The third-order valence-electron chi connectivity index (χ3n) is 4.40. The second-order valence-corrected chi connectivity index (χ2v) is 7.36. The minimum Gasteiger partial charge on any atom is -0.507 e. The number of para-hydroxylation sites is 1. The van der Waals surface area contributed by atoms with Gasteiger partial charge in [-0.25, -0.2) is 4.99 Å². The molecule has 0 aliphatic carbocycles. The first-order chi connectivity index (χ1) is 12.4. The molecule has 1 aliphatic rings. The number of aryl methyl sites for hydroxylation is 3. The lowest BCUT2D eigenvalue weighted by molar-refractivity contribution is -0.121. The van der Waals surface area contributed by atoms with E-state index in [0.29, 0.717) is 15.8 Å². The van der Waals surface area contributed by atoms with Gasteiger partial charge in [-0.05, 0) is 78.6 Å². The van der Waals surface area contributed by atoms with Gasteiger partial charge in [0.2, 0.25) is 0 Å². The monoisotopic (exact) mass is 366 g/mol. The molecule has 1 saturated heterocycles. The van der Waals surface area contributed by atoms with Gasteiger partial charge in [0.15, 0.2) is 5.17 Å². The number of phenolic OH excluding ortho intramolecular Hbond substituents is 1. The molecule has 1 amide bonds. The van der Waals surface area contributed by atoms with E-state index in [1.54, 1.807) is 11.9 Å². The van der Waals surface area contributed by atoms with Crippen molar-refractivity contribution >= 4 is 34.6 Å². The quantitative estimate of drug-likeness (QED) is 0.794. The number of benzene rings is 2. The van der Waals surface area contributed by atoms with Crippen molar-refractivity contribution in [3.8, 4) is 5.75 Å². The topological polar surface area (TPSA) is 52.9 Å². The molecule has 1 fully saturated rings. The van der Waals surface area contributed by atoms with Crippen LogP contribution in [-0.4, -0.2) is 28.1 Å². The van der Waals surface area contributed by atoms with Crippen molar-refractivity contribution in [1.82, 2.24) is 4.90 Å². The van der Waals surface area contributed by atoms with Crippen LogP contribution < -0.4 is 0 Å². The number of hydrogen-bond acceptors (Lipinski definition) is 4. The van der Waals surface area contributed by atoms with Gasteiger partial charge in [0.25, 0.3) is 5.91 Å². The number of rotatable bonds is 3. The lowest BCUT2D eigenvalue weighted by Crippen LogP contribution is -2.23. The van der Waals surface area contributed by atoms with Crippen LogP contribution in [-0.2, 0) is 11.2 Å². The molecule has 1 aliphatic heterocycles. The fourth-order valence-corrected chi connectivity index (χ4v) is 3.88. The maximum Gasteiger partial charge on any atom is 0.266 e. The van der Waals surface area contributed by atoms with Crippen LogP contribution in [0.4, 0.5) is 5.69 Å². The molecule has 1 heterocycles. The van der Waals surface area contributed by atoms with Gasteiger partial charge in [0.05, 0.1) is 10.6 Å². The zero-order valence-corrected chi connectivity index (χ0v) is 16.2. The predicted octanol–water partition coefficient (Wildman–Crippen LogP) is 4.81. The molecule has 0 bridgehead atoms. The van der Waals surface area contributed by atoms with Gasteiger partial charge in [0.1, 0.15) is 5.75 Å². The van der Waals surface area contributed by atoms with Crippen LogP contribution in [0.15, 0.2) is 46.3 Å². The Bertz CT molecular complexity index is 908. The molecule has 0 spiro atoms. The van der Waals surface area contributed by atoms with E-state index < -0.39 is 0 Å². The summed E-state index contributed by atoms with van der Waals surface area (Å²) in [5.41, 5.74) is 4.55. The van der Waals surface area contributed by atoms with E-state index in [4.69, 9.17) is 4.99 Å². The van der Waals surface area contributed by atoms with E-state index in [1.807, 2.05) is 50.3 Å². The van der Waals surface area contributed by atoms with E-state index in [9.17, 15) is 9.90 Å². The maximum absolute atomic E-state index is 12.6. The number of amides is 1. The summed E-state index contributed by atoms with van der Waals surface area (Å²) in [5, 5.41) is 10.6. The third kappa shape index (κ3) is 3.53. The van der Waals surface area contributed by atoms with Gasteiger partial charge in [-0.1, -0.05) is 25.1 Å². The number of phenols is 1. The summed E-state index contributed by atoms with van der Waals surface area (Å²) in [6.07, 6.45) is 2.75. The van der Waals surface area contributed by atoms with E-state index >= 15 is 0 Å². The summed E-state index contributed by atoms with van der Waals surface area (Å²) < 4.78 is 0. The van der Waals surface area contributed by atoms with Crippen LogP contribution in [0.2, 0.25) is 0 Å². The highest BCUT2D eigenvalue weighted by molar-refractivity contribution is 8.18. The zero-order chi connectivity index (χ0) is 18.8. The van der Waals surface area contributed by atoms with Gasteiger partial charge in [-0.15, -0.1) is 0 Å². The number of aromatic hydroxyl groups is 1. The van der Waals surface area contributed by atoms with Gasteiger partial charge < -0.3 is 5.11 Å². The van der Waals surface area contributed by atoms with Crippen molar-refractivity contribution in [2.75, 3.05) is 7.05 Å². The fourth-order valence-electron chi connectivity index (χ4n) is 2.90. The molecule has 0 unspecified atom stereocenters. The Hall–Kier alpha value is -2.53. The highest BCUT2D eigenvalue weighted by atomic mass is 32.2. The van der Waals surface area contributed by atoms with Crippen LogP contribution in [0.1, 0.15) is 29.2 Å². The summed E-state index contributed by atoms with van der Waals surface area (Å²) in [4.78, 5) is 19.5. The molecule has 5 heteroatoms. The number of carbonyl (C=O) groups excluding carboxylic acids is 1. The Labute approximate surface area is 158 Å². The van der Waals surface area contributed by atoms with Crippen LogP contribution in [0.5, 0.6) is 5.75 Å². The number of thioether (sulfide) groups is 1. The van der Waals surface area contributed by atoms with Crippen LogP contribution in [0.3, 0.4) is 0 Å². The molecule has 0 radical (unpaired) electrons. The second-order valence-electron chi connectivity index (χ2n) is 6.35. The van der Waals surface area contributed by atoms with Gasteiger partial charge >= 0.3 is 0 Å². The summed E-state index contributed by atoms with van der Waals surface area (Å²) in [7, 11) is 1.75. The summed E-state index contributed by atoms with van der Waals surface area (Å²) >= 11 is 1.38. The van der Waals surface area contributed by atoms with Crippen molar-refractivity contribution < 1.29 is 9.90 Å². The van der Waals surface area contributed by atoms with Crippen molar-refractivity contribution in [3.05, 3.63) is 63.6 Å². The minimum absolute atomic E-state index is 0.0638. The van der Waals surface area contributed by atoms with Gasteiger partial charge in [-0.3, -0.25) is 9.69 Å². The molecule has 1 N–H and O–H groups in total. The molecule has 0 aromatic heterocycles. The summed E-state index contributed by atoms with van der Waals surface area (Å²) in [6.45, 7) is 5.81. The maximum atomic E-state index is 12.6. The second kappa shape index (κ2) is 7.38. The smallest absolute Gasteiger partial charge is 0.266 e. The highest BCUT2D eigenvalue weighted by Gasteiger charge is 2.30. The first-order valence-electron chi connectivity index (χ1n) is 8.55. The number of nitrogens with zero attached hydrogens (tertiary/aromatic N) is 2. The lowest BCUT2D eigenvalue weighted by Gasteiger charge is -2.09. The van der Waals surface area contributed by atoms with Gasteiger partial charge in [0, 0.05) is 7.05 Å². The molecular formula is C21H22N2O2S. The Kier molecular flexibility index (Phi) is 5.18. The number of carbonyl (C=O) groups is 1. The van der Waals surface area contributed by atoms with Crippen LogP contribution >= 0.6 is 11.8 Å². The Balaban J connectivity index is 1.95. The number of hydrogen-bond donors (Lipinski definition) is 1. The van der Waals surface area contributed by atoms with Crippen LogP contribution in [0, 0.1) is 13.8 Å². The first-order valence-corrected chi connectivity index (χ1v) is 9.36. The summed E-state index contributed by atoms with van der Waals surface area (Å²) in [5.74, 6) is 0.235. The normalized spacial score (nSPS) is 17.5. The predicted molar refractivity (Wildman–Crippen MR) is 109 cm³/mol. The molecule has 2 aromatic rings. The van der Waals surface area contributed by atoms with Gasteiger partial charge in [-0.2, -0.15) is 0 Å². The largest absolute Gasteiger partial charge is 0.507 e. The average Bonchev–Trinajstić information content (AvgIpc) is 2.88. The number of amidine groups is 1. The fraction of sp³-hybridized carbons (Fsp3) is 0.238. The van der Waals surface area contributed by atoms with Crippen LogP contribution in [0.25, 0.3) is 6.08 Å². The Morgan fingerprint density at radius 1 is 1.19 bits per heavy atom. The SMILES string of the molecule is CCc1ccccc1N=C1S/C(=C\c2cc(C)c(O)c(C)c2)C(=O)N1C. The lowest BCUT2D eigenvalue weighted by atomic mass is 10.1. The molecule has 0 saturated carbocycles.